The molecule has 0 bridgehead atoms. The predicted octanol–water partition coefficient (Wildman–Crippen LogP) is 2.83. The Labute approximate surface area is 230 Å². The molecule has 0 amide bonds. The Hall–Kier alpha value is -1.71. The minimum absolute atomic E-state index is 0. The Morgan fingerprint density at radius 2 is 0.912 bits per heavy atom. The molecule has 0 unspecified atom stereocenters. The van der Waals surface area contributed by atoms with Crippen LogP contribution >= 0.6 is 0 Å². The van der Waals surface area contributed by atoms with Gasteiger partial charge >= 0.3 is 41.6 Å². The molecule has 0 radical (unpaired) electrons. The zero-order valence-electron chi connectivity index (χ0n) is 20.0. The van der Waals surface area contributed by atoms with Crippen LogP contribution in [0.3, 0.4) is 0 Å². The molecule has 0 atom stereocenters. The molecule has 6 rings (SSSR count). The van der Waals surface area contributed by atoms with E-state index in [2.05, 4.69) is 124 Å². The summed E-state index contributed by atoms with van der Waals surface area (Å²) >= 11 is 1.45. The molecule has 0 spiro atoms. The molecule has 0 aliphatic rings. The van der Waals surface area contributed by atoms with Crippen LogP contribution in [0.1, 0.15) is 11.1 Å². The monoisotopic (exact) mass is 666 g/mol. The van der Waals surface area contributed by atoms with Crippen LogP contribution in [0, 0.1) is 13.8 Å². The van der Waals surface area contributed by atoms with Gasteiger partial charge in [0, 0.05) is 0 Å². The molecule has 0 saturated carbocycles. The van der Waals surface area contributed by atoms with Gasteiger partial charge in [-0.3, -0.25) is 0 Å². The summed E-state index contributed by atoms with van der Waals surface area (Å²) in [6.45, 7) is 8.96. The first-order valence-electron chi connectivity index (χ1n) is 11.0. The largest absolute Gasteiger partial charge is 1.00 e. The molecule has 0 aromatic heterocycles. The molecule has 0 saturated heterocycles. The van der Waals surface area contributed by atoms with E-state index in [9.17, 15) is 0 Å². The summed E-state index contributed by atoms with van der Waals surface area (Å²) in [5.41, 5.74) is 2.95. The van der Waals surface area contributed by atoms with Crippen molar-refractivity contribution in [2.24, 2.45) is 0 Å². The number of fused-ring (bicyclic) bond motifs is 6. The quantitative estimate of drug-likeness (QED) is 0.173. The number of rotatable bonds is 0. The van der Waals surface area contributed by atoms with E-state index in [1.165, 1.54) is 77.2 Å². The van der Waals surface area contributed by atoms with Gasteiger partial charge in [-0.1, -0.05) is 85.3 Å². The minimum atomic E-state index is 0. The number of aryl methyl sites for hydroxylation is 2. The molecule has 0 aliphatic carbocycles. The number of halogens is 2. The molecule has 34 heavy (non-hydrogen) atoms. The van der Waals surface area contributed by atoms with Crippen molar-refractivity contribution in [1.82, 2.24) is 0 Å². The van der Waals surface area contributed by atoms with Crippen molar-refractivity contribution in [2.75, 3.05) is 0 Å². The zero-order valence-corrected chi connectivity index (χ0v) is 26.1. The second kappa shape index (κ2) is 12.8. The first-order chi connectivity index (χ1) is 15.4. The normalized spacial score (nSPS) is 10.1. The van der Waals surface area contributed by atoms with Crippen molar-refractivity contribution < 1.29 is 47.8 Å². The van der Waals surface area contributed by atoms with E-state index in [-0.39, 0.29) is 30.3 Å². The third-order valence-corrected chi connectivity index (χ3v) is 5.52. The number of hydrogen-bond acceptors (Lipinski definition) is 0. The Bertz CT molecular complexity index is 1430. The van der Waals surface area contributed by atoms with Gasteiger partial charge in [-0.15, -0.1) is 56.9 Å². The van der Waals surface area contributed by atoms with E-state index in [1.807, 2.05) is 0 Å². The summed E-state index contributed by atoms with van der Waals surface area (Å²) in [6, 6.07) is 34.9. The summed E-state index contributed by atoms with van der Waals surface area (Å²) in [7, 11) is 0. The maximum Gasteiger partial charge on any atom is -0.0370 e. The fourth-order valence-corrected chi connectivity index (χ4v) is 4.23. The van der Waals surface area contributed by atoms with Gasteiger partial charge in [-0.05, 0) is 10.8 Å². The molecule has 6 aromatic carbocycles. The van der Waals surface area contributed by atoms with E-state index in [0.29, 0.717) is 0 Å². The molecule has 0 aliphatic heterocycles. The maximum atomic E-state index is 2.33. The van der Waals surface area contributed by atoms with Gasteiger partial charge in [0.2, 0.25) is 0 Å². The third kappa shape index (κ3) is 6.70. The summed E-state index contributed by atoms with van der Waals surface area (Å²) < 4.78 is 0. The van der Waals surface area contributed by atoms with Gasteiger partial charge in [0.15, 0.2) is 0 Å². The van der Waals surface area contributed by atoms with Gasteiger partial charge in [0.1, 0.15) is 0 Å². The molecule has 0 nitrogen and oxygen atoms in total. The van der Waals surface area contributed by atoms with Gasteiger partial charge in [0.05, 0.1) is 0 Å². The Balaban J connectivity index is 0.000000198. The van der Waals surface area contributed by atoms with Gasteiger partial charge in [-0.2, -0.15) is 12.1 Å². The molecular weight excluding hydrogens is 638 g/mol. The second-order valence-electron chi connectivity index (χ2n) is 8.64. The average Bonchev–Trinajstić information content (AvgIpc) is 3.35. The van der Waals surface area contributed by atoms with Crippen LogP contribution in [-0.2, 0) is 23.0 Å². The average molecular weight is 666 g/mol. The molecule has 0 N–H and O–H groups in total. The van der Waals surface area contributed by atoms with E-state index < -0.39 is 0 Å². The molecule has 172 valence electrons. The molecule has 6 aromatic rings. The van der Waals surface area contributed by atoms with Gasteiger partial charge in [0.25, 0.3) is 0 Å². The molecule has 4 heteroatoms. The van der Waals surface area contributed by atoms with Crippen LogP contribution in [0.25, 0.3) is 43.1 Å². The standard InChI is InChI=1S/2C14H11.C2H6Si.2ClH.Hf/c2*1-10-8-12-7-6-11-4-2-3-5-13(11)14(12)9-10;1-3-2;;;/h2*2-9H,1H3;1-2H3;2*1H;/q2*-1;;;;+2/p-2. The van der Waals surface area contributed by atoms with Crippen LogP contribution in [0.2, 0.25) is 13.1 Å². The van der Waals surface area contributed by atoms with Crippen LogP contribution in [0.5, 0.6) is 0 Å². The van der Waals surface area contributed by atoms with E-state index in [1.54, 1.807) is 0 Å². The summed E-state index contributed by atoms with van der Waals surface area (Å²) in [5, 5.41) is 10.8. The van der Waals surface area contributed by atoms with E-state index in [4.69, 9.17) is 0 Å². The van der Waals surface area contributed by atoms with Gasteiger partial charge < -0.3 is 24.8 Å². The SMILES string of the molecule is C[Si](C)=[Hf+2].Cc1cc2c(ccc3ccccc32)[cH-]1.Cc1cc2c(ccc3ccccc32)[cH-]1.[Cl-].[Cl-]. The topological polar surface area (TPSA) is 0 Å². The van der Waals surface area contributed by atoms with E-state index in [0.717, 1.165) is 0 Å². The second-order valence-corrected chi connectivity index (χ2v) is 21.4. The maximum absolute atomic E-state index is 2.33. The number of benzene rings is 4. The minimum Gasteiger partial charge on any atom is -1.00 e. The zero-order chi connectivity index (χ0) is 22.7. The smallest absolute Gasteiger partial charge is 0.0370 e. The summed E-state index contributed by atoms with van der Waals surface area (Å²) in [4.78, 5) is 0. The Kier molecular flexibility index (Phi) is 10.8. The third-order valence-electron chi connectivity index (χ3n) is 5.52. The van der Waals surface area contributed by atoms with Crippen LogP contribution in [-0.4, -0.2) is 5.49 Å². The molecular formula is C30H28Cl2HfSi-2. The first-order valence-corrected chi connectivity index (χ1v) is 18.9. The van der Waals surface area contributed by atoms with Crippen molar-refractivity contribution in [2.45, 2.75) is 26.9 Å². The summed E-state index contributed by atoms with van der Waals surface area (Å²) in [6.07, 6.45) is 0. The summed E-state index contributed by atoms with van der Waals surface area (Å²) in [5.74, 6) is 0. The van der Waals surface area contributed by atoms with Crippen molar-refractivity contribution in [3.05, 3.63) is 108 Å². The molecule has 0 fully saturated rings. The number of hydrogen-bond donors (Lipinski definition) is 0. The fourth-order valence-electron chi connectivity index (χ4n) is 4.23. The van der Waals surface area contributed by atoms with E-state index >= 15 is 0 Å². The van der Waals surface area contributed by atoms with Crippen LogP contribution in [0.15, 0.2) is 97.1 Å². The van der Waals surface area contributed by atoms with Gasteiger partial charge in [-0.25, -0.2) is 0 Å². The van der Waals surface area contributed by atoms with Crippen molar-refractivity contribution in [3.8, 4) is 0 Å². The Morgan fingerprint density at radius 1 is 0.559 bits per heavy atom. The Morgan fingerprint density at radius 3 is 1.29 bits per heavy atom. The molecule has 0 heterocycles. The fraction of sp³-hybridized carbons (Fsp3) is 0.133. The van der Waals surface area contributed by atoms with Crippen molar-refractivity contribution in [1.29, 1.82) is 0 Å². The first kappa shape index (κ1) is 28.5. The van der Waals surface area contributed by atoms with Crippen LogP contribution < -0.4 is 24.8 Å². The predicted molar refractivity (Wildman–Crippen MR) is 141 cm³/mol. The van der Waals surface area contributed by atoms with Crippen molar-refractivity contribution >= 4 is 48.6 Å². The van der Waals surface area contributed by atoms with Crippen molar-refractivity contribution in [3.63, 3.8) is 0 Å². The van der Waals surface area contributed by atoms with Crippen LogP contribution in [0.4, 0.5) is 0 Å².